The Kier molecular flexibility index (Phi) is 6.98. The number of fused-ring (bicyclic) bond motifs is 1. The summed E-state index contributed by atoms with van der Waals surface area (Å²) in [5, 5.41) is 0. The first-order valence-electron chi connectivity index (χ1n) is 10.9. The van der Waals surface area contributed by atoms with Crippen LogP contribution in [-0.2, 0) is 23.8 Å². The van der Waals surface area contributed by atoms with E-state index in [-0.39, 0.29) is 30.5 Å². The Morgan fingerprint density at radius 3 is 2.03 bits per heavy atom. The highest BCUT2D eigenvalue weighted by Crippen LogP contribution is 2.34. The van der Waals surface area contributed by atoms with Gasteiger partial charge in [-0.05, 0) is 37.1 Å². The molecule has 0 saturated carbocycles. The van der Waals surface area contributed by atoms with Crippen molar-refractivity contribution >= 4 is 23.9 Å². The molecule has 166 valence electrons. The number of ketones is 1. The molecule has 2 saturated heterocycles. The van der Waals surface area contributed by atoms with E-state index >= 15 is 0 Å². The summed E-state index contributed by atoms with van der Waals surface area (Å²) in [6.45, 7) is 4.75. The Morgan fingerprint density at radius 1 is 0.844 bits per heavy atom. The van der Waals surface area contributed by atoms with Crippen LogP contribution in [0, 0.1) is 19.8 Å². The molecular weight excluding hydrogens is 404 g/mol. The molecule has 0 radical (unpaired) electrons. The normalized spacial score (nSPS) is 24.8. The van der Waals surface area contributed by atoms with Crippen molar-refractivity contribution < 1.29 is 23.8 Å². The Balaban J connectivity index is 1.27. The van der Waals surface area contributed by atoms with Gasteiger partial charge in [0.25, 0.3) is 0 Å². The number of esters is 1. The van der Waals surface area contributed by atoms with Gasteiger partial charge in [-0.25, -0.2) is 4.79 Å². The molecule has 3 unspecified atom stereocenters. The number of hydrogen-bond donors (Lipinski definition) is 0. The Bertz CT molecular complexity index is 920. The number of hydrogen-bond acceptors (Lipinski definition) is 5. The molecule has 0 amide bonds. The number of benzene rings is 2. The number of rotatable bonds is 7. The highest BCUT2D eigenvalue weighted by atomic mass is 16.6. The largest absolute Gasteiger partial charge is 0.454 e. The zero-order chi connectivity index (χ0) is 22.5. The van der Waals surface area contributed by atoms with Crippen molar-refractivity contribution in [3.8, 4) is 0 Å². The van der Waals surface area contributed by atoms with Crippen LogP contribution in [0.5, 0.6) is 0 Å². The van der Waals surface area contributed by atoms with Crippen LogP contribution in [0.25, 0.3) is 12.2 Å². The third-order valence-corrected chi connectivity index (χ3v) is 5.87. The standard InChI is InChI=1S/C27H28O5/c1-18-3-7-20(8-4-18)11-13-23(28)15-22-16-30-27-24(17-31-26(22)27)32-25(29)14-12-21-9-5-19(2)6-10-21/h3-14,22,24,26-27H,15-17H2,1-2H3/b13-11-,14-12-/t22?,24-,26?,27?/m1/s1. The van der Waals surface area contributed by atoms with E-state index in [9.17, 15) is 9.59 Å². The molecule has 0 spiro atoms. The molecule has 32 heavy (non-hydrogen) atoms. The first kappa shape index (κ1) is 22.2. The number of allylic oxidation sites excluding steroid dienone is 1. The second-order valence-corrected chi connectivity index (χ2v) is 8.49. The number of carbonyl (C=O) groups excluding carboxylic acids is 2. The van der Waals surface area contributed by atoms with Crippen molar-refractivity contribution in [3.05, 3.63) is 82.9 Å². The summed E-state index contributed by atoms with van der Waals surface area (Å²) in [4.78, 5) is 24.7. The van der Waals surface area contributed by atoms with Crippen LogP contribution < -0.4 is 0 Å². The summed E-state index contributed by atoms with van der Waals surface area (Å²) in [5.74, 6) is -0.434. The maximum Gasteiger partial charge on any atom is 0.331 e. The fourth-order valence-corrected chi connectivity index (χ4v) is 4.04. The van der Waals surface area contributed by atoms with Crippen molar-refractivity contribution in [1.29, 1.82) is 0 Å². The minimum Gasteiger partial charge on any atom is -0.454 e. The zero-order valence-corrected chi connectivity index (χ0v) is 18.4. The summed E-state index contributed by atoms with van der Waals surface area (Å²) < 4.78 is 17.3. The third-order valence-electron chi connectivity index (χ3n) is 5.87. The monoisotopic (exact) mass is 432 g/mol. The molecule has 2 fully saturated rings. The molecule has 5 heteroatoms. The average molecular weight is 433 g/mol. The van der Waals surface area contributed by atoms with Gasteiger partial charge in [-0.1, -0.05) is 65.7 Å². The van der Waals surface area contributed by atoms with Gasteiger partial charge in [-0.3, -0.25) is 4.79 Å². The third kappa shape index (κ3) is 5.61. The van der Waals surface area contributed by atoms with Crippen LogP contribution in [0.3, 0.4) is 0 Å². The molecule has 4 rings (SSSR count). The van der Waals surface area contributed by atoms with Gasteiger partial charge in [0.05, 0.1) is 19.3 Å². The van der Waals surface area contributed by atoms with Crippen molar-refractivity contribution in [1.82, 2.24) is 0 Å². The second kappa shape index (κ2) is 10.1. The molecule has 4 atom stereocenters. The molecule has 2 heterocycles. The van der Waals surface area contributed by atoms with Gasteiger partial charge in [0.2, 0.25) is 0 Å². The molecule has 2 aliphatic rings. The first-order valence-corrected chi connectivity index (χ1v) is 10.9. The molecule has 0 aromatic heterocycles. The van der Waals surface area contributed by atoms with Crippen LogP contribution in [-0.4, -0.2) is 43.3 Å². The van der Waals surface area contributed by atoms with Gasteiger partial charge in [0.15, 0.2) is 11.9 Å². The second-order valence-electron chi connectivity index (χ2n) is 8.49. The summed E-state index contributed by atoms with van der Waals surface area (Å²) in [6, 6.07) is 15.9. The van der Waals surface area contributed by atoms with Crippen LogP contribution in [0.2, 0.25) is 0 Å². The van der Waals surface area contributed by atoms with Crippen molar-refractivity contribution in [2.75, 3.05) is 13.2 Å². The predicted octanol–water partition coefficient (Wildman–Crippen LogP) is 4.31. The fourth-order valence-electron chi connectivity index (χ4n) is 4.04. The Hall–Kier alpha value is -3.02. The molecule has 0 aliphatic carbocycles. The topological polar surface area (TPSA) is 61.8 Å². The lowest BCUT2D eigenvalue weighted by molar-refractivity contribution is -0.147. The van der Waals surface area contributed by atoms with Gasteiger partial charge in [-0.2, -0.15) is 0 Å². The van der Waals surface area contributed by atoms with E-state index < -0.39 is 12.1 Å². The predicted molar refractivity (Wildman–Crippen MR) is 123 cm³/mol. The van der Waals surface area contributed by atoms with Gasteiger partial charge < -0.3 is 14.2 Å². The summed E-state index contributed by atoms with van der Waals surface area (Å²) in [5.41, 5.74) is 4.27. The molecule has 2 aliphatic heterocycles. The van der Waals surface area contributed by atoms with E-state index in [0.29, 0.717) is 13.0 Å². The van der Waals surface area contributed by atoms with Crippen LogP contribution >= 0.6 is 0 Å². The minimum atomic E-state index is -0.460. The molecule has 0 bridgehead atoms. The summed E-state index contributed by atoms with van der Waals surface area (Å²) >= 11 is 0. The Morgan fingerprint density at radius 2 is 1.41 bits per heavy atom. The first-order chi connectivity index (χ1) is 15.5. The molecule has 5 nitrogen and oxygen atoms in total. The summed E-state index contributed by atoms with van der Waals surface area (Å²) in [7, 11) is 0. The minimum absolute atomic E-state index is 0.0323. The lowest BCUT2D eigenvalue weighted by Gasteiger charge is -2.16. The number of ether oxygens (including phenoxy) is 3. The quantitative estimate of drug-likeness (QED) is 0.482. The highest BCUT2D eigenvalue weighted by molar-refractivity contribution is 5.93. The lowest BCUT2D eigenvalue weighted by Crippen LogP contribution is -2.33. The van der Waals surface area contributed by atoms with E-state index in [1.807, 2.05) is 68.5 Å². The molecule has 2 aromatic carbocycles. The lowest BCUT2D eigenvalue weighted by atomic mass is 9.95. The highest BCUT2D eigenvalue weighted by Gasteiger charge is 2.49. The SMILES string of the molecule is Cc1ccc(/C=C\C(=O)CC2COC3C2OC[C@H]3OC(=O)/C=C\c2ccc(C)cc2)cc1. The zero-order valence-electron chi connectivity index (χ0n) is 18.4. The van der Waals surface area contributed by atoms with Crippen molar-refractivity contribution in [2.24, 2.45) is 5.92 Å². The van der Waals surface area contributed by atoms with Gasteiger partial charge in [0.1, 0.15) is 6.10 Å². The van der Waals surface area contributed by atoms with E-state index in [2.05, 4.69) is 0 Å². The van der Waals surface area contributed by atoms with Gasteiger partial charge in [0, 0.05) is 18.4 Å². The van der Waals surface area contributed by atoms with E-state index in [1.54, 1.807) is 12.2 Å². The van der Waals surface area contributed by atoms with Crippen LogP contribution in [0.15, 0.2) is 60.7 Å². The number of carbonyl (C=O) groups is 2. The van der Waals surface area contributed by atoms with E-state index in [4.69, 9.17) is 14.2 Å². The maximum atomic E-state index is 12.4. The van der Waals surface area contributed by atoms with Gasteiger partial charge >= 0.3 is 5.97 Å². The molecule has 0 N–H and O–H groups in total. The maximum absolute atomic E-state index is 12.4. The summed E-state index contributed by atoms with van der Waals surface area (Å²) in [6.07, 6.45) is 5.92. The van der Waals surface area contributed by atoms with E-state index in [1.165, 1.54) is 11.6 Å². The van der Waals surface area contributed by atoms with Crippen molar-refractivity contribution in [2.45, 2.75) is 38.6 Å². The Labute approximate surface area is 188 Å². The molecule has 2 aromatic rings. The van der Waals surface area contributed by atoms with Crippen LogP contribution in [0.4, 0.5) is 0 Å². The fraction of sp³-hybridized carbons (Fsp3) is 0.333. The molecular formula is C27H28O5. The number of aryl methyl sites for hydroxylation is 2. The van der Waals surface area contributed by atoms with Crippen molar-refractivity contribution in [3.63, 3.8) is 0 Å². The average Bonchev–Trinajstić information content (AvgIpc) is 3.36. The van der Waals surface area contributed by atoms with E-state index in [0.717, 1.165) is 16.7 Å². The smallest absolute Gasteiger partial charge is 0.331 e. The van der Waals surface area contributed by atoms with Crippen LogP contribution in [0.1, 0.15) is 28.7 Å². The van der Waals surface area contributed by atoms with Gasteiger partial charge in [-0.15, -0.1) is 0 Å².